The minimum Gasteiger partial charge on any atom is -0.494 e. The third kappa shape index (κ3) is 3.79. The highest BCUT2D eigenvalue weighted by Crippen LogP contribution is 2.15. The number of hydrogen-bond acceptors (Lipinski definition) is 5. The fourth-order valence-corrected chi connectivity index (χ4v) is 2.19. The van der Waals surface area contributed by atoms with Crippen molar-refractivity contribution in [3.8, 4) is 5.75 Å². The van der Waals surface area contributed by atoms with E-state index in [-0.39, 0.29) is 0 Å². The molecule has 0 unspecified atom stereocenters. The molecule has 100 valence electrons. The van der Waals surface area contributed by atoms with E-state index in [4.69, 9.17) is 4.74 Å². The first-order valence-electron chi connectivity index (χ1n) is 6.14. The van der Waals surface area contributed by atoms with Crippen LogP contribution in [0.3, 0.4) is 0 Å². The predicted molar refractivity (Wildman–Crippen MR) is 80.3 cm³/mol. The predicted octanol–water partition coefficient (Wildman–Crippen LogP) is 3.69. The summed E-state index contributed by atoms with van der Waals surface area (Å²) in [7, 11) is 0. The van der Waals surface area contributed by atoms with Crippen LogP contribution in [0.5, 0.6) is 5.75 Å². The maximum absolute atomic E-state index is 5.41. The first-order valence-corrected chi connectivity index (χ1v) is 7.02. The molecule has 0 aliphatic carbocycles. The molecule has 0 aliphatic rings. The van der Waals surface area contributed by atoms with Crippen LogP contribution >= 0.6 is 11.3 Å². The molecule has 5 heteroatoms. The number of thiazole rings is 1. The SMILES string of the molecule is CCOc1ccc(C(C)=NNc2nc(C)cs2)cc1. The Hall–Kier alpha value is -1.88. The van der Waals surface area contributed by atoms with Gasteiger partial charge in [-0.15, -0.1) is 11.3 Å². The lowest BCUT2D eigenvalue weighted by Crippen LogP contribution is -2.00. The van der Waals surface area contributed by atoms with Crippen LogP contribution in [0.1, 0.15) is 25.1 Å². The van der Waals surface area contributed by atoms with Gasteiger partial charge in [0.05, 0.1) is 18.0 Å². The van der Waals surface area contributed by atoms with E-state index in [1.165, 1.54) is 0 Å². The second-order valence-corrected chi connectivity index (χ2v) is 4.92. The van der Waals surface area contributed by atoms with Crippen molar-refractivity contribution < 1.29 is 4.74 Å². The van der Waals surface area contributed by atoms with Crippen LogP contribution in [0, 0.1) is 6.92 Å². The van der Waals surface area contributed by atoms with Gasteiger partial charge in [-0.05, 0) is 50.6 Å². The zero-order chi connectivity index (χ0) is 13.7. The molecular formula is C14H17N3OS. The molecule has 0 saturated carbocycles. The summed E-state index contributed by atoms with van der Waals surface area (Å²) in [6, 6.07) is 7.90. The molecule has 0 spiro atoms. The number of hydrazone groups is 1. The van der Waals surface area contributed by atoms with Gasteiger partial charge in [-0.25, -0.2) is 4.98 Å². The van der Waals surface area contributed by atoms with Gasteiger partial charge < -0.3 is 4.74 Å². The lowest BCUT2D eigenvalue weighted by Gasteiger charge is -2.05. The highest BCUT2D eigenvalue weighted by atomic mass is 32.1. The summed E-state index contributed by atoms with van der Waals surface area (Å²) in [5.74, 6) is 0.877. The van der Waals surface area contributed by atoms with Crippen molar-refractivity contribution in [2.24, 2.45) is 5.10 Å². The second kappa shape index (κ2) is 6.33. The summed E-state index contributed by atoms with van der Waals surface area (Å²) in [5.41, 5.74) is 5.94. The fraction of sp³-hybridized carbons (Fsp3) is 0.286. The highest BCUT2D eigenvalue weighted by Gasteiger charge is 2.00. The van der Waals surface area contributed by atoms with E-state index in [9.17, 15) is 0 Å². The van der Waals surface area contributed by atoms with Gasteiger partial charge in [-0.3, -0.25) is 5.43 Å². The van der Waals surface area contributed by atoms with Crippen LogP contribution in [0.2, 0.25) is 0 Å². The molecule has 0 saturated heterocycles. The van der Waals surface area contributed by atoms with Gasteiger partial charge in [-0.1, -0.05) is 0 Å². The molecule has 0 amide bonds. The summed E-state index contributed by atoms with van der Waals surface area (Å²) in [4.78, 5) is 4.30. The molecule has 2 aromatic rings. The standard InChI is InChI=1S/C14H17N3OS/c1-4-18-13-7-5-12(6-8-13)11(3)16-17-14-15-10(2)9-19-14/h5-9H,4H2,1-3H3,(H,15,17). The van der Waals surface area contributed by atoms with E-state index in [2.05, 4.69) is 15.5 Å². The Bertz CT molecular complexity index is 560. The van der Waals surface area contributed by atoms with Crippen molar-refractivity contribution >= 4 is 22.2 Å². The van der Waals surface area contributed by atoms with Gasteiger partial charge in [-0.2, -0.15) is 5.10 Å². The molecule has 0 fully saturated rings. The smallest absolute Gasteiger partial charge is 0.203 e. The molecule has 0 bridgehead atoms. The Balaban J connectivity index is 2.03. The first-order chi connectivity index (χ1) is 9.19. The number of nitrogens with one attached hydrogen (secondary N) is 1. The van der Waals surface area contributed by atoms with Gasteiger partial charge >= 0.3 is 0 Å². The molecular weight excluding hydrogens is 258 g/mol. The number of ether oxygens (including phenoxy) is 1. The van der Waals surface area contributed by atoms with Crippen LogP contribution in [0.4, 0.5) is 5.13 Å². The third-order valence-electron chi connectivity index (χ3n) is 2.52. The molecule has 0 radical (unpaired) electrons. The van der Waals surface area contributed by atoms with E-state index in [1.54, 1.807) is 11.3 Å². The van der Waals surface area contributed by atoms with Gasteiger partial charge in [0.2, 0.25) is 5.13 Å². The zero-order valence-electron chi connectivity index (χ0n) is 11.3. The zero-order valence-corrected chi connectivity index (χ0v) is 12.1. The van der Waals surface area contributed by atoms with E-state index in [0.717, 1.165) is 27.9 Å². The van der Waals surface area contributed by atoms with Crippen LogP contribution in [-0.2, 0) is 0 Å². The molecule has 1 aromatic carbocycles. The molecule has 1 heterocycles. The number of rotatable bonds is 5. The number of aromatic nitrogens is 1. The monoisotopic (exact) mass is 275 g/mol. The number of anilines is 1. The first kappa shape index (κ1) is 13.5. The molecule has 0 atom stereocenters. The number of aryl methyl sites for hydroxylation is 1. The lowest BCUT2D eigenvalue weighted by molar-refractivity contribution is 0.340. The summed E-state index contributed by atoms with van der Waals surface area (Å²) in [5, 5.41) is 7.13. The van der Waals surface area contributed by atoms with Crippen molar-refractivity contribution in [1.29, 1.82) is 0 Å². The minimum atomic E-state index is 0.678. The molecule has 0 aliphatic heterocycles. The third-order valence-corrected chi connectivity index (χ3v) is 3.39. The summed E-state index contributed by atoms with van der Waals surface area (Å²) in [6.07, 6.45) is 0. The van der Waals surface area contributed by atoms with Crippen LogP contribution < -0.4 is 10.2 Å². The van der Waals surface area contributed by atoms with Crippen molar-refractivity contribution in [3.63, 3.8) is 0 Å². The molecule has 1 N–H and O–H groups in total. The summed E-state index contributed by atoms with van der Waals surface area (Å²) >= 11 is 1.55. The molecule has 4 nitrogen and oxygen atoms in total. The van der Waals surface area contributed by atoms with Gasteiger partial charge in [0.15, 0.2) is 0 Å². The van der Waals surface area contributed by atoms with Crippen molar-refractivity contribution in [3.05, 3.63) is 40.9 Å². The Morgan fingerprint density at radius 3 is 2.68 bits per heavy atom. The Kier molecular flexibility index (Phi) is 4.52. The topological polar surface area (TPSA) is 46.5 Å². The van der Waals surface area contributed by atoms with E-state index in [1.807, 2.05) is 50.4 Å². The van der Waals surface area contributed by atoms with Crippen molar-refractivity contribution in [1.82, 2.24) is 4.98 Å². The average Bonchev–Trinajstić information content (AvgIpc) is 2.83. The normalized spacial score (nSPS) is 11.4. The van der Waals surface area contributed by atoms with Gasteiger partial charge in [0, 0.05) is 5.38 Å². The van der Waals surface area contributed by atoms with E-state index < -0.39 is 0 Å². The average molecular weight is 275 g/mol. The summed E-state index contributed by atoms with van der Waals surface area (Å²) in [6.45, 7) is 6.58. The number of benzene rings is 1. The number of nitrogens with zero attached hydrogens (tertiary/aromatic N) is 2. The molecule has 2 rings (SSSR count). The second-order valence-electron chi connectivity index (χ2n) is 4.06. The fourth-order valence-electron chi connectivity index (χ4n) is 1.56. The summed E-state index contributed by atoms with van der Waals surface area (Å²) < 4.78 is 5.41. The van der Waals surface area contributed by atoms with Crippen molar-refractivity contribution in [2.75, 3.05) is 12.0 Å². The van der Waals surface area contributed by atoms with Crippen LogP contribution in [0.15, 0.2) is 34.7 Å². The van der Waals surface area contributed by atoms with Crippen LogP contribution in [0.25, 0.3) is 0 Å². The molecule has 19 heavy (non-hydrogen) atoms. The van der Waals surface area contributed by atoms with Gasteiger partial charge in [0.1, 0.15) is 5.75 Å². The largest absolute Gasteiger partial charge is 0.494 e. The van der Waals surface area contributed by atoms with Crippen molar-refractivity contribution in [2.45, 2.75) is 20.8 Å². The minimum absolute atomic E-state index is 0.678. The maximum atomic E-state index is 5.41. The van der Waals surface area contributed by atoms with Crippen LogP contribution in [-0.4, -0.2) is 17.3 Å². The number of hydrogen-bond donors (Lipinski definition) is 1. The lowest BCUT2D eigenvalue weighted by atomic mass is 10.1. The highest BCUT2D eigenvalue weighted by molar-refractivity contribution is 7.13. The Labute approximate surface area is 117 Å². The quantitative estimate of drug-likeness (QED) is 0.668. The maximum Gasteiger partial charge on any atom is 0.203 e. The van der Waals surface area contributed by atoms with E-state index >= 15 is 0 Å². The molecule has 1 aromatic heterocycles. The van der Waals surface area contributed by atoms with E-state index in [0.29, 0.717) is 6.61 Å². The van der Waals surface area contributed by atoms with Gasteiger partial charge in [0.25, 0.3) is 0 Å². The Morgan fingerprint density at radius 1 is 1.37 bits per heavy atom. The Morgan fingerprint density at radius 2 is 2.11 bits per heavy atom.